The van der Waals surface area contributed by atoms with Crippen LogP contribution in [0.4, 0.5) is 0 Å². The van der Waals surface area contributed by atoms with Gasteiger partial charge in [-0.25, -0.2) is 4.79 Å². The van der Waals surface area contributed by atoms with Crippen molar-refractivity contribution in [3.05, 3.63) is 36.0 Å². The molecule has 10 nitrogen and oxygen atoms in total. The van der Waals surface area contributed by atoms with E-state index < -0.39 is 41.8 Å². The van der Waals surface area contributed by atoms with Gasteiger partial charge in [-0.2, -0.15) is 0 Å². The van der Waals surface area contributed by atoms with E-state index in [0.29, 0.717) is 6.42 Å². The molecule has 10 heteroatoms. The second-order valence-corrected chi connectivity index (χ2v) is 7.61. The van der Waals surface area contributed by atoms with Crippen molar-refractivity contribution in [2.24, 2.45) is 17.4 Å². The van der Waals surface area contributed by atoms with Gasteiger partial charge in [-0.1, -0.05) is 38.5 Å². The first-order valence-corrected chi connectivity index (χ1v) is 10.1. The highest BCUT2D eigenvalue weighted by Gasteiger charge is 2.31. The average Bonchev–Trinajstić information content (AvgIpc) is 3.13. The number of fused-ring (bicyclic) bond motifs is 1. The van der Waals surface area contributed by atoms with Crippen LogP contribution in [0.5, 0.6) is 0 Å². The third kappa shape index (κ3) is 6.29. The maximum atomic E-state index is 12.9. The summed E-state index contributed by atoms with van der Waals surface area (Å²) in [5.41, 5.74) is 12.3. The predicted octanol–water partition coefficient (Wildman–Crippen LogP) is 0.0134. The Hall–Kier alpha value is -3.40. The lowest BCUT2D eigenvalue weighted by Gasteiger charge is -2.26. The van der Waals surface area contributed by atoms with Crippen LogP contribution >= 0.6 is 0 Å². The van der Waals surface area contributed by atoms with Gasteiger partial charge in [-0.05, 0) is 17.5 Å². The number of nitrogens with one attached hydrogen (secondary N) is 3. The van der Waals surface area contributed by atoms with Gasteiger partial charge in [0.15, 0.2) is 0 Å². The van der Waals surface area contributed by atoms with Gasteiger partial charge in [0.05, 0.1) is 12.5 Å². The number of aromatic nitrogens is 1. The average molecular weight is 431 g/mol. The molecule has 2 rings (SSSR count). The van der Waals surface area contributed by atoms with Gasteiger partial charge < -0.3 is 32.2 Å². The number of hydrogen-bond acceptors (Lipinski definition) is 5. The first-order valence-electron chi connectivity index (χ1n) is 10.1. The molecule has 0 aliphatic carbocycles. The molecule has 0 unspecified atom stereocenters. The quantitative estimate of drug-likeness (QED) is 0.291. The molecule has 4 atom stereocenters. The van der Waals surface area contributed by atoms with Crippen molar-refractivity contribution in [1.29, 1.82) is 0 Å². The van der Waals surface area contributed by atoms with E-state index >= 15 is 0 Å². The van der Waals surface area contributed by atoms with E-state index in [9.17, 15) is 24.3 Å². The summed E-state index contributed by atoms with van der Waals surface area (Å²) in [4.78, 5) is 51.1. The summed E-state index contributed by atoms with van der Waals surface area (Å²) < 4.78 is 0. The molecule has 0 radical (unpaired) electrons. The molecule has 31 heavy (non-hydrogen) atoms. The molecule has 1 aromatic heterocycles. The van der Waals surface area contributed by atoms with E-state index in [1.165, 1.54) is 0 Å². The monoisotopic (exact) mass is 431 g/mol. The Balaban J connectivity index is 2.15. The van der Waals surface area contributed by atoms with Crippen molar-refractivity contribution in [2.45, 2.75) is 51.2 Å². The normalized spacial score (nSPS) is 14.9. The molecular formula is C21H29N5O5. The largest absolute Gasteiger partial charge is 0.480 e. The highest BCUT2D eigenvalue weighted by Crippen LogP contribution is 2.19. The van der Waals surface area contributed by atoms with Gasteiger partial charge in [0.2, 0.25) is 17.7 Å². The fourth-order valence-corrected chi connectivity index (χ4v) is 3.25. The number of carbonyl (C=O) groups is 4. The molecule has 1 aromatic carbocycles. The molecule has 8 N–H and O–H groups in total. The van der Waals surface area contributed by atoms with E-state index in [4.69, 9.17) is 11.5 Å². The van der Waals surface area contributed by atoms with Crippen molar-refractivity contribution in [3.63, 3.8) is 0 Å². The van der Waals surface area contributed by atoms with Crippen LogP contribution in [0.25, 0.3) is 10.9 Å². The maximum Gasteiger partial charge on any atom is 0.326 e. The smallest absolute Gasteiger partial charge is 0.326 e. The molecule has 168 valence electrons. The summed E-state index contributed by atoms with van der Waals surface area (Å²) in [5, 5.41) is 15.6. The first kappa shape index (κ1) is 23.9. The number of carboxylic acid groups (broad SMARTS) is 1. The topological polar surface area (TPSA) is 180 Å². The van der Waals surface area contributed by atoms with Gasteiger partial charge in [0.1, 0.15) is 12.1 Å². The molecule has 2 aromatic rings. The summed E-state index contributed by atoms with van der Waals surface area (Å²) in [5.74, 6) is -3.58. The third-order valence-corrected chi connectivity index (χ3v) is 5.26. The number of amides is 3. The van der Waals surface area contributed by atoms with Crippen LogP contribution in [-0.2, 0) is 25.6 Å². The summed E-state index contributed by atoms with van der Waals surface area (Å²) in [6.45, 7) is 3.58. The lowest BCUT2D eigenvalue weighted by atomic mass is 9.96. The second-order valence-electron chi connectivity index (χ2n) is 7.61. The number of rotatable bonds is 11. The molecule has 0 spiro atoms. The Morgan fingerprint density at radius 1 is 1.13 bits per heavy atom. The Labute approximate surface area is 179 Å². The Morgan fingerprint density at radius 2 is 1.81 bits per heavy atom. The summed E-state index contributed by atoms with van der Waals surface area (Å²) in [6.07, 6.45) is 1.96. The highest BCUT2D eigenvalue weighted by molar-refractivity contribution is 5.94. The lowest BCUT2D eigenvalue weighted by molar-refractivity contribution is -0.142. The van der Waals surface area contributed by atoms with Gasteiger partial charge in [0, 0.05) is 23.5 Å². The highest BCUT2D eigenvalue weighted by atomic mass is 16.4. The third-order valence-electron chi connectivity index (χ3n) is 5.26. The number of nitrogens with two attached hydrogens (primary N) is 2. The first-order chi connectivity index (χ1) is 14.6. The Morgan fingerprint density at radius 3 is 2.42 bits per heavy atom. The lowest BCUT2D eigenvalue weighted by Crippen LogP contribution is -2.57. The molecule has 1 heterocycles. The van der Waals surface area contributed by atoms with Crippen molar-refractivity contribution in [3.8, 4) is 0 Å². The molecular weight excluding hydrogens is 402 g/mol. The standard InChI is InChI=1S/C21H29N5O5/c1-3-11(2)18(26-19(28)14(22)9-17(23)27)20(29)25-16(21(30)31)8-12-10-24-15-7-5-4-6-13(12)15/h4-7,10-11,14,16,18,24H,3,8-9,22H2,1-2H3,(H2,23,27)(H,25,29)(H,26,28)(H,30,31)/t11-,14-,16-,18-/m0/s1. The van der Waals surface area contributed by atoms with Crippen LogP contribution in [0.1, 0.15) is 32.3 Å². The number of benzene rings is 1. The SMILES string of the molecule is CC[C@H](C)[C@H](NC(=O)[C@@H](N)CC(N)=O)C(=O)N[C@@H](Cc1c[nH]c2ccccc12)C(=O)O. The van der Waals surface area contributed by atoms with E-state index in [2.05, 4.69) is 15.6 Å². The molecule has 3 amide bonds. The van der Waals surface area contributed by atoms with Crippen molar-refractivity contribution < 1.29 is 24.3 Å². The minimum absolute atomic E-state index is 0.0629. The van der Waals surface area contributed by atoms with Gasteiger partial charge in [-0.15, -0.1) is 0 Å². The minimum Gasteiger partial charge on any atom is -0.480 e. The molecule has 0 aliphatic heterocycles. The van der Waals surface area contributed by atoms with Crippen LogP contribution in [-0.4, -0.2) is 51.9 Å². The fourth-order valence-electron chi connectivity index (χ4n) is 3.25. The maximum absolute atomic E-state index is 12.9. The zero-order valence-electron chi connectivity index (χ0n) is 17.6. The van der Waals surface area contributed by atoms with Crippen molar-refractivity contribution in [1.82, 2.24) is 15.6 Å². The number of aromatic amines is 1. The van der Waals surface area contributed by atoms with Crippen LogP contribution in [0, 0.1) is 5.92 Å². The molecule has 0 aliphatic rings. The number of H-pyrrole nitrogens is 1. The van der Waals surface area contributed by atoms with E-state index in [0.717, 1.165) is 16.5 Å². The summed E-state index contributed by atoms with van der Waals surface area (Å²) >= 11 is 0. The number of aliphatic carboxylic acids is 1. The molecule has 0 fully saturated rings. The summed E-state index contributed by atoms with van der Waals surface area (Å²) in [7, 11) is 0. The Bertz CT molecular complexity index is 957. The van der Waals surface area contributed by atoms with Crippen LogP contribution in [0.3, 0.4) is 0 Å². The van der Waals surface area contributed by atoms with Crippen LogP contribution in [0.2, 0.25) is 0 Å². The fraction of sp³-hybridized carbons (Fsp3) is 0.429. The van der Waals surface area contributed by atoms with Crippen LogP contribution < -0.4 is 22.1 Å². The minimum atomic E-state index is -1.20. The number of hydrogen-bond donors (Lipinski definition) is 6. The number of primary amides is 1. The number of para-hydroxylation sites is 1. The molecule has 0 saturated carbocycles. The van der Waals surface area contributed by atoms with Gasteiger partial charge in [-0.3, -0.25) is 14.4 Å². The zero-order chi connectivity index (χ0) is 23.1. The Kier molecular flexibility index (Phi) is 8.14. The molecule has 0 bridgehead atoms. The van der Waals surface area contributed by atoms with E-state index in [1.807, 2.05) is 31.2 Å². The van der Waals surface area contributed by atoms with Crippen molar-refractivity contribution in [2.75, 3.05) is 0 Å². The second kappa shape index (κ2) is 10.6. The van der Waals surface area contributed by atoms with E-state index in [1.54, 1.807) is 13.1 Å². The summed E-state index contributed by atoms with van der Waals surface area (Å²) in [6, 6.07) is 4.04. The number of carboxylic acids is 1. The zero-order valence-corrected chi connectivity index (χ0v) is 17.6. The molecule has 0 saturated heterocycles. The predicted molar refractivity (Wildman–Crippen MR) is 115 cm³/mol. The van der Waals surface area contributed by atoms with Crippen LogP contribution in [0.15, 0.2) is 30.5 Å². The van der Waals surface area contributed by atoms with Crippen molar-refractivity contribution >= 4 is 34.6 Å². The number of carbonyl (C=O) groups excluding carboxylic acids is 3. The van der Waals surface area contributed by atoms with E-state index in [-0.39, 0.29) is 18.8 Å². The van der Waals surface area contributed by atoms with Gasteiger partial charge >= 0.3 is 5.97 Å². The van der Waals surface area contributed by atoms with Gasteiger partial charge in [0.25, 0.3) is 0 Å².